The first-order chi connectivity index (χ1) is 11.1. The van der Waals surface area contributed by atoms with Gasteiger partial charge < -0.3 is 5.73 Å². The molecular weight excluding hydrogens is 328 g/mol. The summed E-state index contributed by atoms with van der Waals surface area (Å²) in [5.41, 5.74) is 10.6. The lowest BCUT2D eigenvalue weighted by atomic mass is 10.2. The van der Waals surface area contributed by atoms with Gasteiger partial charge in [-0.15, -0.1) is 22.7 Å². The maximum absolute atomic E-state index is 12.2. The molecule has 1 amide bonds. The molecule has 116 valence electrons. The van der Waals surface area contributed by atoms with Crippen molar-refractivity contribution < 1.29 is 4.79 Å². The van der Waals surface area contributed by atoms with Crippen LogP contribution in [-0.4, -0.2) is 17.1 Å². The molecule has 0 saturated carbocycles. The van der Waals surface area contributed by atoms with E-state index in [0.29, 0.717) is 10.6 Å². The zero-order valence-electron chi connectivity index (χ0n) is 12.3. The smallest absolute Gasteiger partial charge is 0.283 e. The van der Waals surface area contributed by atoms with Crippen LogP contribution in [0.15, 0.2) is 46.9 Å². The highest BCUT2D eigenvalue weighted by Crippen LogP contribution is 2.32. The van der Waals surface area contributed by atoms with Crippen LogP contribution in [-0.2, 0) is 0 Å². The second-order valence-corrected chi connectivity index (χ2v) is 6.87. The van der Waals surface area contributed by atoms with Gasteiger partial charge in [-0.2, -0.15) is 5.10 Å². The minimum absolute atomic E-state index is 0.321. The number of nitrogens with two attached hydrogens (primary N) is 1. The number of carbonyl (C=O) groups excluding carboxylic acids is 1. The second kappa shape index (κ2) is 6.72. The lowest BCUT2D eigenvalue weighted by Crippen LogP contribution is -2.17. The van der Waals surface area contributed by atoms with Crippen LogP contribution in [0.1, 0.15) is 20.4 Å². The van der Waals surface area contributed by atoms with Crippen molar-refractivity contribution in [2.24, 2.45) is 5.10 Å². The Morgan fingerprint density at radius 2 is 2.13 bits per heavy atom. The molecular formula is C16H14N4OS2. The summed E-state index contributed by atoms with van der Waals surface area (Å²) in [5, 5.41) is 6.75. The molecule has 3 aromatic rings. The summed E-state index contributed by atoms with van der Waals surface area (Å²) in [6, 6.07) is 11.6. The van der Waals surface area contributed by atoms with E-state index < -0.39 is 0 Å². The molecule has 2 aromatic heterocycles. The summed E-state index contributed by atoms with van der Waals surface area (Å²) in [6.45, 7) is 1.91. The van der Waals surface area contributed by atoms with Gasteiger partial charge in [0.25, 0.3) is 5.91 Å². The monoisotopic (exact) mass is 342 g/mol. The first-order valence-corrected chi connectivity index (χ1v) is 8.53. The van der Waals surface area contributed by atoms with Gasteiger partial charge in [-0.25, -0.2) is 10.4 Å². The largest absolute Gasteiger partial charge is 0.397 e. The fourth-order valence-electron chi connectivity index (χ4n) is 1.97. The average molecular weight is 342 g/mol. The predicted molar refractivity (Wildman–Crippen MR) is 96.1 cm³/mol. The zero-order chi connectivity index (χ0) is 16.2. The van der Waals surface area contributed by atoms with Gasteiger partial charge in [-0.1, -0.05) is 30.3 Å². The molecule has 3 rings (SSSR count). The molecule has 0 aliphatic carbocycles. The number of nitrogens with one attached hydrogen (secondary N) is 1. The van der Waals surface area contributed by atoms with Crippen LogP contribution in [0.5, 0.6) is 0 Å². The molecule has 7 heteroatoms. The van der Waals surface area contributed by atoms with Crippen molar-refractivity contribution in [3.05, 3.63) is 57.4 Å². The highest BCUT2D eigenvalue weighted by molar-refractivity contribution is 7.18. The van der Waals surface area contributed by atoms with E-state index >= 15 is 0 Å². The summed E-state index contributed by atoms with van der Waals surface area (Å²) in [6.07, 6.45) is 1.52. The molecule has 5 nitrogen and oxygen atoms in total. The highest BCUT2D eigenvalue weighted by atomic mass is 32.1. The Kier molecular flexibility index (Phi) is 4.50. The van der Waals surface area contributed by atoms with Crippen LogP contribution >= 0.6 is 22.7 Å². The van der Waals surface area contributed by atoms with Crippen LogP contribution in [0.25, 0.3) is 10.4 Å². The van der Waals surface area contributed by atoms with Crippen molar-refractivity contribution in [1.29, 1.82) is 0 Å². The molecule has 0 saturated heterocycles. The number of amides is 1. The minimum atomic E-state index is -0.321. The fraction of sp³-hybridized carbons (Fsp3) is 0.0625. The Bertz CT molecular complexity index is 852. The summed E-state index contributed by atoms with van der Waals surface area (Å²) in [4.78, 5) is 17.8. The molecule has 0 unspecified atom stereocenters. The molecule has 0 atom stereocenters. The van der Waals surface area contributed by atoms with Crippen molar-refractivity contribution in [2.45, 2.75) is 6.92 Å². The van der Waals surface area contributed by atoms with Crippen molar-refractivity contribution in [3.8, 4) is 10.4 Å². The third kappa shape index (κ3) is 3.64. The maximum atomic E-state index is 12.2. The minimum Gasteiger partial charge on any atom is -0.397 e. The Labute approximate surface area is 141 Å². The van der Waals surface area contributed by atoms with Gasteiger partial charge in [0.05, 0.1) is 22.6 Å². The Hall–Kier alpha value is -2.51. The number of thiophene rings is 1. The molecule has 1 aromatic carbocycles. The normalized spacial score (nSPS) is 11.0. The zero-order valence-corrected chi connectivity index (χ0v) is 13.9. The molecule has 3 N–H and O–H groups in total. The Morgan fingerprint density at radius 1 is 1.35 bits per heavy atom. The number of aryl methyl sites for hydroxylation is 1. The van der Waals surface area contributed by atoms with E-state index in [4.69, 9.17) is 5.73 Å². The van der Waals surface area contributed by atoms with Gasteiger partial charge in [0, 0.05) is 10.3 Å². The molecule has 0 fully saturated rings. The summed E-state index contributed by atoms with van der Waals surface area (Å²) in [7, 11) is 0. The Balaban J connectivity index is 1.73. The summed E-state index contributed by atoms with van der Waals surface area (Å²) < 4.78 is 0. The van der Waals surface area contributed by atoms with Crippen LogP contribution in [0.2, 0.25) is 0 Å². The van der Waals surface area contributed by atoms with Gasteiger partial charge >= 0.3 is 0 Å². The van der Waals surface area contributed by atoms with Crippen molar-refractivity contribution in [3.63, 3.8) is 0 Å². The fourth-order valence-corrected chi connectivity index (χ4v) is 3.51. The number of rotatable bonds is 4. The lowest BCUT2D eigenvalue weighted by molar-refractivity contribution is 0.0960. The van der Waals surface area contributed by atoms with Gasteiger partial charge in [-0.05, 0) is 18.6 Å². The summed E-state index contributed by atoms with van der Waals surface area (Å²) in [5.74, 6) is -0.321. The number of hydrogen-bond donors (Lipinski definition) is 2. The van der Waals surface area contributed by atoms with E-state index in [-0.39, 0.29) is 5.91 Å². The molecule has 0 aliphatic rings. The average Bonchev–Trinajstić information content (AvgIpc) is 3.14. The number of hydrogen-bond acceptors (Lipinski definition) is 6. The van der Waals surface area contributed by atoms with Gasteiger partial charge in [-0.3, -0.25) is 4.79 Å². The van der Waals surface area contributed by atoms with E-state index in [1.165, 1.54) is 28.9 Å². The van der Waals surface area contributed by atoms with Gasteiger partial charge in [0.2, 0.25) is 0 Å². The molecule has 23 heavy (non-hydrogen) atoms. The molecule has 0 spiro atoms. The number of hydrazone groups is 1. The quantitative estimate of drug-likeness (QED) is 0.562. The van der Waals surface area contributed by atoms with Crippen molar-refractivity contribution in [1.82, 2.24) is 10.4 Å². The highest BCUT2D eigenvalue weighted by Gasteiger charge is 2.14. The lowest BCUT2D eigenvalue weighted by Gasteiger charge is -1.97. The van der Waals surface area contributed by atoms with E-state index in [2.05, 4.69) is 15.5 Å². The van der Waals surface area contributed by atoms with Crippen LogP contribution in [0.3, 0.4) is 0 Å². The number of thiazole rings is 1. The topological polar surface area (TPSA) is 80.4 Å². The van der Waals surface area contributed by atoms with Crippen molar-refractivity contribution in [2.75, 3.05) is 5.73 Å². The van der Waals surface area contributed by atoms with E-state index in [1.54, 1.807) is 0 Å². The van der Waals surface area contributed by atoms with E-state index in [1.807, 2.05) is 48.7 Å². The summed E-state index contributed by atoms with van der Waals surface area (Å²) >= 11 is 2.88. The third-order valence-electron chi connectivity index (χ3n) is 3.03. The molecule has 2 heterocycles. The maximum Gasteiger partial charge on any atom is 0.283 e. The molecule has 0 bridgehead atoms. The first kappa shape index (κ1) is 15.4. The predicted octanol–water partition coefficient (Wildman–Crippen LogP) is 3.53. The molecule has 0 radical (unpaired) electrons. The number of benzene rings is 1. The molecule has 0 aliphatic heterocycles. The van der Waals surface area contributed by atoms with E-state index in [0.717, 1.165) is 21.1 Å². The third-order valence-corrected chi connectivity index (χ3v) is 5.02. The standard InChI is InChI=1S/C16H14N4OS2/c1-10-19-12(9-22-10)8-18-20-16(21)15-13(17)7-14(23-15)11-5-3-2-4-6-11/h2-9H,17H2,1H3,(H,20,21)/b18-8+. The van der Waals surface area contributed by atoms with Gasteiger partial charge in [0.15, 0.2) is 0 Å². The van der Waals surface area contributed by atoms with Gasteiger partial charge in [0.1, 0.15) is 4.88 Å². The van der Waals surface area contributed by atoms with Crippen molar-refractivity contribution >= 4 is 40.5 Å². The number of anilines is 1. The number of aromatic nitrogens is 1. The van der Waals surface area contributed by atoms with E-state index in [9.17, 15) is 4.79 Å². The van der Waals surface area contributed by atoms with Crippen LogP contribution in [0, 0.1) is 6.92 Å². The SMILES string of the molecule is Cc1nc(/C=N/NC(=O)c2sc(-c3ccccc3)cc2N)cs1. The number of carbonyl (C=O) groups is 1. The first-order valence-electron chi connectivity index (χ1n) is 6.84. The van der Waals surface area contributed by atoms with Crippen LogP contribution < -0.4 is 11.2 Å². The number of nitrogen functional groups attached to an aromatic ring is 1. The van der Waals surface area contributed by atoms with Crippen LogP contribution in [0.4, 0.5) is 5.69 Å². The Morgan fingerprint density at radius 3 is 2.83 bits per heavy atom. The number of nitrogens with zero attached hydrogens (tertiary/aromatic N) is 2. The second-order valence-electron chi connectivity index (χ2n) is 4.75.